The molecule has 1 fully saturated rings. The van der Waals surface area contributed by atoms with E-state index >= 15 is 0 Å². The lowest BCUT2D eigenvalue weighted by Crippen LogP contribution is -2.48. The maximum atomic E-state index is 12.8. The van der Waals surface area contributed by atoms with Crippen molar-refractivity contribution in [3.8, 4) is 0 Å². The van der Waals surface area contributed by atoms with E-state index in [0.29, 0.717) is 19.6 Å². The summed E-state index contributed by atoms with van der Waals surface area (Å²) in [5.41, 5.74) is 2.66. The highest BCUT2D eigenvalue weighted by Crippen LogP contribution is 2.21. The molecule has 4 rings (SSSR count). The number of para-hydroxylation sites is 2. The largest absolute Gasteiger partial charge is 0.341 e. The number of nitrogens with zero attached hydrogens (tertiary/aromatic N) is 2. The molecule has 1 unspecified atom stereocenters. The third kappa shape index (κ3) is 3.44. The number of hydrogen-bond donors (Lipinski definition) is 2. The first kappa shape index (κ1) is 16.3. The van der Waals surface area contributed by atoms with Gasteiger partial charge in [0.05, 0.1) is 22.8 Å². The van der Waals surface area contributed by atoms with E-state index < -0.39 is 10.0 Å². The minimum Gasteiger partial charge on any atom is -0.341 e. The summed E-state index contributed by atoms with van der Waals surface area (Å²) in [6.07, 6.45) is 0. The van der Waals surface area contributed by atoms with Crippen LogP contribution in [0, 0.1) is 0 Å². The molecule has 1 aliphatic rings. The van der Waals surface area contributed by atoms with E-state index in [9.17, 15) is 8.42 Å². The number of piperazine rings is 1. The van der Waals surface area contributed by atoms with Crippen LogP contribution in [0.15, 0.2) is 54.6 Å². The Morgan fingerprint density at radius 1 is 1.08 bits per heavy atom. The first-order valence-corrected chi connectivity index (χ1v) is 9.92. The molecule has 2 aromatic carbocycles. The molecular formula is C18H20N4O2S. The number of rotatable bonds is 4. The Bertz CT molecular complexity index is 936. The number of aromatic nitrogens is 2. The predicted octanol–water partition coefficient (Wildman–Crippen LogP) is 2.04. The van der Waals surface area contributed by atoms with Crippen LogP contribution >= 0.6 is 0 Å². The second-order valence-electron chi connectivity index (χ2n) is 6.25. The van der Waals surface area contributed by atoms with Gasteiger partial charge < -0.3 is 10.3 Å². The van der Waals surface area contributed by atoms with Crippen molar-refractivity contribution >= 4 is 21.1 Å². The molecule has 1 saturated heterocycles. The van der Waals surface area contributed by atoms with E-state index in [1.165, 1.54) is 0 Å². The molecule has 0 amide bonds. The van der Waals surface area contributed by atoms with Crippen LogP contribution in [-0.2, 0) is 15.8 Å². The lowest BCUT2D eigenvalue weighted by atomic mass is 10.2. The molecule has 3 aromatic rings. The fraction of sp³-hybridized carbons (Fsp3) is 0.278. The van der Waals surface area contributed by atoms with Crippen LogP contribution in [0.1, 0.15) is 17.4 Å². The topological polar surface area (TPSA) is 78.1 Å². The Hall–Kier alpha value is -2.22. The summed E-state index contributed by atoms with van der Waals surface area (Å²) in [4.78, 5) is 7.89. The molecule has 1 atom stereocenters. The average molecular weight is 356 g/mol. The van der Waals surface area contributed by atoms with Gasteiger partial charge in [-0.1, -0.05) is 42.5 Å². The number of imidazole rings is 1. The van der Waals surface area contributed by atoms with Gasteiger partial charge in [0.15, 0.2) is 0 Å². The van der Waals surface area contributed by atoms with Crippen molar-refractivity contribution in [3.05, 3.63) is 66.0 Å². The fourth-order valence-electron chi connectivity index (χ4n) is 3.17. The molecule has 0 saturated carbocycles. The van der Waals surface area contributed by atoms with Gasteiger partial charge >= 0.3 is 0 Å². The van der Waals surface area contributed by atoms with E-state index in [1.807, 2.05) is 54.6 Å². The van der Waals surface area contributed by atoms with Crippen LogP contribution in [0.2, 0.25) is 0 Å². The summed E-state index contributed by atoms with van der Waals surface area (Å²) in [6.45, 7) is 1.47. The minimum absolute atomic E-state index is 0.0285. The SMILES string of the molecule is O=S(=O)(Cc1ccccc1)N1CCNC(c2nc3ccccc3[nH]2)C1. The highest BCUT2D eigenvalue weighted by molar-refractivity contribution is 7.88. The summed E-state index contributed by atoms with van der Waals surface area (Å²) in [7, 11) is -3.36. The summed E-state index contributed by atoms with van der Waals surface area (Å²) < 4.78 is 27.1. The normalized spacial score (nSPS) is 19.3. The second kappa shape index (κ2) is 6.59. The minimum atomic E-state index is -3.36. The zero-order valence-electron chi connectivity index (χ0n) is 13.7. The van der Waals surface area contributed by atoms with Crippen molar-refractivity contribution in [1.82, 2.24) is 19.6 Å². The van der Waals surface area contributed by atoms with E-state index in [0.717, 1.165) is 22.4 Å². The smallest absolute Gasteiger partial charge is 0.218 e. The fourth-order valence-corrected chi connectivity index (χ4v) is 4.71. The molecule has 7 heteroatoms. The van der Waals surface area contributed by atoms with Crippen LogP contribution in [0.3, 0.4) is 0 Å². The zero-order valence-corrected chi connectivity index (χ0v) is 14.5. The molecule has 2 N–H and O–H groups in total. The van der Waals surface area contributed by atoms with Crippen molar-refractivity contribution in [1.29, 1.82) is 0 Å². The summed E-state index contributed by atoms with van der Waals surface area (Å²) in [5, 5.41) is 3.36. The van der Waals surface area contributed by atoms with Gasteiger partial charge in [-0.3, -0.25) is 0 Å². The Morgan fingerprint density at radius 2 is 1.84 bits per heavy atom. The summed E-state index contributed by atoms with van der Waals surface area (Å²) in [6, 6.07) is 17.0. The highest BCUT2D eigenvalue weighted by Gasteiger charge is 2.30. The van der Waals surface area contributed by atoms with E-state index in [2.05, 4.69) is 15.3 Å². The van der Waals surface area contributed by atoms with Crippen molar-refractivity contribution in [2.45, 2.75) is 11.8 Å². The first-order chi connectivity index (χ1) is 12.1. The standard InChI is InChI=1S/C18H20N4O2S/c23-25(24,13-14-6-2-1-3-7-14)22-11-10-19-17(12-22)18-20-15-8-4-5-9-16(15)21-18/h1-9,17,19H,10-13H2,(H,20,21). The molecule has 1 aliphatic heterocycles. The molecular weight excluding hydrogens is 336 g/mol. The highest BCUT2D eigenvalue weighted by atomic mass is 32.2. The predicted molar refractivity (Wildman–Crippen MR) is 97.5 cm³/mol. The zero-order chi connectivity index (χ0) is 17.3. The first-order valence-electron chi connectivity index (χ1n) is 8.31. The van der Waals surface area contributed by atoms with Crippen molar-refractivity contribution in [2.75, 3.05) is 19.6 Å². The maximum absolute atomic E-state index is 12.8. The van der Waals surface area contributed by atoms with Gasteiger partial charge in [0.1, 0.15) is 5.82 Å². The van der Waals surface area contributed by atoms with Crippen molar-refractivity contribution in [3.63, 3.8) is 0 Å². The number of sulfonamides is 1. The molecule has 0 radical (unpaired) electrons. The second-order valence-corrected chi connectivity index (χ2v) is 8.21. The van der Waals surface area contributed by atoms with Crippen LogP contribution in [0.25, 0.3) is 11.0 Å². The Balaban J connectivity index is 1.54. The van der Waals surface area contributed by atoms with Gasteiger partial charge in [0.25, 0.3) is 0 Å². The van der Waals surface area contributed by atoms with Gasteiger partial charge in [0.2, 0.25) is 10.0 Å². The molecule has 0 spiro atoms. The number of fused-ring (bicyclic) bond motifs is 1. The van der Waals surface area contributed by atoms with Gasteiger partial charge in [-0.05, 0) is 17.7 Å². The quantitative estimate of drug-likeness (QED) is 0.750. The van der Waals surface area contributed by atoms with E-state index in [1.54, 1.807) is 4.31 Å². The molecule has 25 heavy (non-hydrogen) atoms. The Labute approximate surface area is 146 Å². The Kier molecular flexibility index (Phi) is 4.29. The number of H-pyrrole nitrogens is 1. The van der Waals surface area contributed by atoms with Gasteiger partial charge in [-0.15, -0.1) is 0 Å². The van der Waals surface area contributed by atoms with Crippen molar-refractivity contribution in [2.24, 2.45) is 0 Å². The molecule has 6 nitrogen and oxygen atoms in total. The third-order valence-corrected chi connectivity index (χ3v) is 6.28. The van der Waals surface area contributed by atoms with E-state index in [4.69, 9.17) is 0 Å². The van der Waals surface area contributed by atoms with Crippen LogP contribution in [-0.4, -0.2) is 42.3 Å². The van der Waals surface area contributed by atoms with Crippen molar-refractivity contribution < 1.29 is 8.42 Å². The molecule has 0 aliphatic carbocycles. The molecule has 1 aromatic heterocycles. The molecule has 0 bridgehead atoms. The van der Waals surface area contributed by atoms with E-state index in [-0.39, 0.29) is 11.8 Å². The summed E-state index contributed by atoms with van der Waals surface area (Å²) >= 11 is 0. The monoisotopic (exact) mass is 356 g/mol. The molecule has 2 heterocycles. The lowest BCUT2D eigenvalue weighted by molar-refractivity contribution is 0.295. The lowest BCUT2D eigenvalue weighted by Gasteiger charge is -2.32. The number of nitrogens with one attached hydrogen (secondary N) is 2. The number of hydrogen-bond acceptors (Lipinski definition) is 4. The van der Waals surface area contributed by atoms with Gasteiger partial charge in [-0.25, -0.2) is 13.4 Å². The maximum Gasteiger partial charge on any atom is 0.218 e. The molecule has 130 valence electrons. The van der Waals surface area contributed by atoms with Gasteiger partial charge in [0, 0.05) is 19.6 Å². The number of aromatic amines is 1. The Morgan fingerprint density at radius 3 is 2.64 bits per heavy atom. The third-order valence-electron chi connectivity index (χ3n) is 4.46. The van der Waals surface area contributed by atoms with Crippen LogP contribution in [0.4, 0.5) is 0 Å². The number of benzene rings is 2. The van der Waals surface area contributed by atoms with Crippen LogP contribution in [0.5, 0.6) is 0 Å². The summed E-state index contributed by atoms with van der Waals surface area (Å²) in [5.74, 6) is 0.807. The van der Waals surface area contributed by atoms with Gasteiger partial charge in [-0.2, -0.15) is 4.31 Å². The average Bonchev–Trinajstić information content (AvgIpc) is 3.07. The van der Waals surface area contributed by atoms with Crippen LogP contribution < -0.4 is 5.32 Å².